The molecule has 2 aromatic rings. The van der Waals surface area contributed by atoms with E-state index >= 15 is 0 Å². The lowest BCUT2D eigenvalue weighted by Gasteiger charge is -2.31. The average molecular weight is 350 g/mol. The number of fused-ring (bicyclic) bond motifs is 1. The molecule has 1 unspecified atom stereocenters. The van der Waals surface area contributed by atoms with Gasteiger partial charge in [-0.05, 0) is 32.0 Å². The lowest BCUT2D eigenvalue weighted by Crippen LogP contribution is -2.40. The van der Waals surface area contributed by atoms with Crippen LogP contribution in [0.15, 0.2) is 23.0 Å². The van der Waals surface area contributed by atoms with Crippen molar-refractivity contribution in [3.63, 3.8) is 0 Å². The molecule has 0 saturated carbocycles. The Morgan fingerprint density at radius 1 is 1.38 bits per heavy atom. The van der Waals surface area contributed by atoms with Gasteiger partial charge in [-0.3, -0.25) is 14.2 Å². The SMILES string of the molecule is CCn1c(C(C)N(C)C(=O)C(C)(C)C)nc2ccc(Cl)cc2c1=O. The van der Waals surface area contributed by atoms with E-state index in [4.69, 9.17) is 11.6 Å². The second-order valence-corrected chi connectivity index (χ2v) is 7.46. The molecule has 2 rings (SSSR count). The fourth-order valence-corrected chi connectivity index (χ4v) is 2.89. The van der Waals surface area contributed by atoms with Crippen LogP contribution in [-0.4, -0.2) is 27.4 Å². The van der Waals surface area contributed by atoms with Crippen LogP contribution in [0.1, 0.15) is 46.5 Å². The zero-order valence-corrected chi connectivity index (χ0v) is 15.8. The van der Waals surface area contributed by atoms with Crippen molar-refractivity contribution in [3.05, 3.63) is 39.4 Å². The summed E-state index contributed by atoms with van der Waals surface area (Å²) in [5, 5.41) is 0.995. The normalized spacial score (nSPS) is 13.1. The summed E-state index contributed by atoms with van der Waals surface area (Å²) in [6, 6.07) is 4.77. The first-order valence-corrected chi connectivity index (χ1v) is 8.43. The molecule has 0 spiro atoms. The van der Waals surface area contributed by atoms with Crippen LogP contribution in [0.5, 0.6) is 0 Å². The van der Waals surface area contributed by atoms with E-state index in [-0.39, 0.29) is 17.5 Å². The predicted octanol–water partition coefficient (Wildman–Crippen LogP) is 3.64. The molecular formula is C18H24ClN3O2. The minimum atomic E-state index is -0.495. The lowest BCUT2D eigenvalue weighted by atomic mass is 9.94. The van der Waals surface area contributed by atoms with Crippen LogP contribution < -0.4 is 5.56 Å². The summed E-state index contributed by atoms with van der Waals surface area (Å²) < 4.78 is 1.61. The summed E-state index contributed by atoms with van der Waals surface area (Å²) >= 11 is 6.00. The molecule has 6 heteroatoms. The Balaban J connectivity index is 2.61. The third-order valence-electron chi connectivity index (χ3n) is 4.18. The Bertz CT molecular complexity index is 836. The van der Waals surface area contributed by atoms with E-state index < -0.39 is 5.41 Å². The highest BCUT2D eigenvalue weighted by Gasteiger charge is 2.30. The number of carbonyl (C=O) groups is 1. The molecule has 0 fully saturated rings. The van der Waals surface area contributed by atoms with Crippen LogP contribution in [0.4, 0.5) is 0 Å². The van der Waals surface area contributed by atoms with E-state index in [9.17, 15) is 9.59 Å². The first-order chi connectivity index (χ1) is 11.1. The van der Waals surface area contributed by atoms with Crippen LogP contribution in [-0.2, 0) is 11.3 Å². The maximum Gasteiger partial charge on any atom is 0.261 e. The monoisotopic (exact) mass is 349 g/mol. The van der Waals surface area contributed by atoms with Crippen LogP contribution in [0.25, 0.3) is 10.9 Å². The first-order valence-electron chi connectivity index (χ1n) is 8.05. The Kier molecular flexibility index (Phi) is 5.04. The Labute approximate surface area is 147 Å². The van der Waals surface area contributed by atoms with Crippen molar-refractivity contribution in [1.29, 1.82) is 0 Å². The van der Waals surface area contributed by atoms with Crippen LogP contribution in [0.2, 0.25) is 5.02 Å². The van der Waals surface area contributed by atoms with E-state index in [1.165, 1.54) is 0 Å². The van der Waals surface area contributed by atoms with E-state index in [1.807, 2.05) is 34.6 Å². The minimum Gasteiger partial charge on any atom is -0.335 e. The number of carbonyl (C=O) groups excluding carboxylic acids is 1. The molecule has 0 saturated heterocycles. The number of benzene rings is 1. The predicted molar refractivity (Wildman–Crippen MR) is 97.3 cm³/mol. The van der Waals surface area contributed by atoms with Crippen molar-refractivity contribution in [2.75, 3.05) is 7.05 Å². The number of nitrogens with zero attached hydrogens (tertiary/aromatic N) is 3. The molecule has 0 radical (unpaired) electrons. The molecule has 1 atom stereocenters. The van der Waals surface area contributed by atoms with E-state index in [0.717, 1.165) is 0 Å². The summed E-state index contributed by atoms with van der Waals surface area (Å²) in [7, 11) is 1.75. The van der Waals surface area contributed by atoms with Crippen LogP contribution in [0, 0.1) is 5.41 Å². The fourth-order valence-electron chi connectivity index (χ4n) is 2.71. The van der Waals surface area contributed by atoms with Gasteiger partial charge in [-0.2, -0.15) is 0 Å². The van der Waals surface area contributed by atoms with Gasteiger partial charge in [0, 0.05) is 24.0 Å². The van der Waals surface area contributed by atoms with Crippen molar-refractivity contribution in [2.45, 2.75) is 47.2 Å². The smallest absolute Gasteiger partial charge is 0.261 e. The maximum absolute atomic E-state index is 12.8. The fraction of sp³-hybridized carbons (Fsp3) is 0.500. The van der Waals surface area contributed by atoms with Crippen molar-refractivity contribution in [3.8, 4) is 0 Å². The summed E-state index contributed by atoms with van der Waals surface area (Å²) in [5.41, 5.74) is -0.0407. The van der Waals surface area contributed by atoms with Gasteiger partial charge in [0.15, 0.2) is 0 Å². The quantitative estimate of drug-likeness (QED) is 0.850. The van der Waals surface area contributed by atoms with Gasteiger partial charge < -0.3 is 4.90 Å². The Hall–Kier alpha value is -1.88. The van der Waals surface area contributed by atoms with Crippen LogP contribution >= 0.6 is 11.6 Å². The molecule has 0 aliphatic heterocycles. The number of hydrogen-bond acceptors (Lipinski definition) is 3. The number of amides is 1. The zero-order chi connectivity index (χ0) is 18.2. The topological polar surface area (TPSA) is 55.2 Å². The molecule has 1 aromatic carbocycles. The van der Waals surface area contributed by atoms with E-state index in [2.05, 4.69) is 4.98 Å². The maximum atomic E-state index is 12.8. The van der Waals surface area contributed by atoms with Crippen molar-refractivity contribution in [2.24, 2.45) is 5.41 Å². The van der Waals surface area contributed by atoms with Crippen molar-refractivity contribution < 1.29 is 4.79 Å². The number of hydrogen-bond donors (Lipinski definition) is 0. The molecule has 1 heterocycles. The molecule has 1 amide bonds. The first kappa shape index (κ1) is 18.5. The molecule has 5 nitrogen and oxygen atoms in total. The minimum absolute atomic E-state index is 0.00288. The van der Waals surface area contributed by atoms with Gasteiger partial charge in [0.1, 0.15) is 5.82 Å². The summed E-state index contributed by atoms with van der Waals surface area (Å²) in [4.78, 5) is 31.6. The van der Waals surface area contributed by atoms with Gasteiger partial charge in [0.05, 0.1) is 16.9 Å². The molecule has 0 N–H and O–H groups in total. The molecule has 130 valence electrons. The highest BCUT2D eigenvalue weighted by atomic mass is 35.5. The molecule has 0 bridgehead atoms. The number of aromatic nitrogens is 2. The molecule has 24 heavy (non-hydrogen) atoms. The van der Waals surface area contributed by atoms with E-state index in [1.54, 1.807) is 34.7 Å². The average Bonchev–Trinajstić information content (AvgIpc) is 2.52. The third-order valence-corrected chi connectivity index (χ3v) is 4.41. The van der Waals surface area contributed by atoms with Crippen LogP contribution in [0.3, 0.4) is 0 Å². The van der Waals surface area contributed by atoms with Gasteiger partial charge >= 0.3 is 0 Å². The second-order valence-electron chi connectivity index (χ2n) is 7.02. The summed E-state index contributed by atoms with van der Waals surface area (Å²) in [6.45, 7) is 9.88. The van der Waals surface area contributed by atoms with E-state index in [0.29, 0.717) is 28.3 Å². The summed E-state index contributed by atoms with van der Waals surface area (Å²) in [5.74, 6) is 0.584. The Morgan fingerprint density at radius 2 is 2.00 bits per heavy atom. The lowest BCUT2D eigenvalue weighted by molar-refractivity contribution is -0.140. The third kappa shape index (κ3) is 3.31. The van der Waals surface area contributed by atoms with Gasteiger partial charge in [-0.15, -0.1) is 0 Å². The highest BCUT2D eigenvalue weighted by molar-refractivity contribution is 6.31. The van der Waals surface area contributed by atoms with Gasteiger partial charge in [0.25, 0.3) is 5.56 Å². The largest absolute Gasteiger partial charge is 0.335 e. The molecular weight excluding hydrogens is 326 g/mol. The molecule has 1 aromatic heterocycles. The molecule has 0 aliphatic rings. The van der Waals surface area contributed by atoms with Crippen molar-refractivity contribution >= 4 is 28.4 Å². The highest BCUT2D eigenvalue weighted by Crippen LogP contribution is 2.25. The van der Waals surface area contributed by atoms with Gasteiger partial charge in [0.2, 0.25) is 5.91 Å². The number of rotatable bonds is 3. The zero-order valence-electron chi connectivity index (χ0n) is 15.1. The van der Waals surface area contributed by atoms with Gasteiger partial charge in [-0.1, -0.05) is 32.4 Å². The Morgan fingerprint density at radius 3 is 2.54 bits per heavy atom. The van der Waals surface area contributed by atoms with Gasteiger partial charge in [-0.25, -0.2) is 4.98 Å². The van der Waals surface area contributed by atoms with Crippen molar-refractivity contribution in [1.82, 2.24) is 14.5 Å². The molecule has 0 aliphatic carbocycles. The standard InChI is InChI=1S/C18H24ClN3O2/c1-7-22-15(11(2)21(6)17(24)18(3,4)5)20-14-9-8-12(19)10-13(14)16(22)23/h8-11H,7H2,1-6H3. The number of halogens is 1. The summed E-state index contributed by atoms with van der Waals surface area (Å²) in [6.07, 6.45) is 0. The second kappa shape index (κ2) is 6.55.